The van der Waals surface area contributed by atoms with Crippen molar-refractivity contribution in [1.29, 1.82) is 0 Å². The third kappa shape index (κ3) is 3.04. The molecule has 0 aliphatic carbocycles. The van der Waals surface area contributed by atoms with Gasteiger partial charge in [0.2, 0.25) is 5.91 Å². The van der Waals surface area contributed by atoms with Crippen LogP contribution in [0.25, 0.3) is 0 Å². The molecule has 0 unspecified atom stereocenters. The average Bonchev–Trinajstić information content (AvgIpc) is 2.38. The average molecular weight is 263 g/mol. The van der Waals surface area contributed by atoms with Gasteiger partial charge in [0.05, 0.1) is 6.10 Å². The molecule has 1 amide bonds. The Hall–Kier alpha value is -1.62. The fourth-order valence-electron chi connectivity index (χ4n) is 2.43. The van der Waals surface area contributed by atoms with Crippen molar-refractivity contribution in [2.45, 2.75) is 26.9 Å². The van der Waals surface area contributed by atoms with Gasteiger partial charge >= 0.3 is 0 Å². The number of aliphatic hydroxyl groups is 1. The van der Waals surface area contributed by atoms with Crippen molar-refractivity contribution in [3.05, 3.63) is 23.4 Å². The number of rotatable bonds is 2. The van der Waals surface area contributed by atoms with Gasteiger partial charge in [-0.1, -0.05) is 6.07 Å². The summed E-state index contributed by atoms with van der Waals surface area (Å²) in [5.74, 6) is 1.05. The standard InChI is InChI=1S/C14H21N3O2/c1-10-13(11(2)18)4-5-14(15-10)17-8-6-16(7-9-17)12(3)19/h4-5,11,18H,6-9H2,1-3H3/t11-/m0/s1. The quantitative estimate of drug-likeness (QED) is 0.868. The van der Waals surface area contributed by atoms with Crippen LogP contribution in [0, 0.1) is 6.92 Å². The van der Waals surface area contributed by atoms with Crippen molar-refractivity contribution >= 4 is 11.7 Å². The van der Waals surface area contributed by atoms with Crippen molar-refractivity contribution in [3.8, 4) is 0 Å². The monoisotopic (exact) mass is 263 g/mol. The predicted octanol–water partition coefficient (Wildman–Crippen LogP) is 1.11. The Kier molecular flexibility index (Phi) is 4.04. The molecule has 19 heavy (non-hydrogen) atoms. The third-order valence-electron chi connectivity index (χ3n) is 3.61. The van der Waals surface area contributed by atoms with E-state index in [-0.39, 0.29) is 5.91 Å². The van der Waals surface area contributed by atoms with E-state index in [2.05, 4.69) is 9.88 Å². The summed E-state index contributed by atoms with van der Waals surface area (Å²) in [6.07, 6.45) is -0.490. The summed E-state index contributed by atoms with van der Waals surface area (Å²) in [7, 11) is 0. The number of aromatic nitrogens is 1. The maximum atomic E-state index is 11.3. The number of nitrogens with zero attached hydrogens (tertiary/aromatic N) is 3. The van der Waals surface area contributed by atoms with Gasteiger partial charge in [0.1, 0.15) is 5.82 Å². The largest absolute Gasteiger partial charge is 0.389 e. The lowest BCUT2D eigenvalue weighted by atomic mass is 10.1. The lowest BCUT2D eigenvalue weighted by Crippen LogP contribution is -2.48. The van der Waals surface area contributed by atoms with Crippen molar-refractivity contribution in [3.63, 3.8) is 0 Å². The molecule has 1 aliphatic heterocycles. The van der Waals surface area contributed by atoms with Gasteiger partial charge < -0.3 is 14.9 Å². The molecule has 5 heteroatoms. The van der Waals surface area contributed by atoms with Crippen molar-refractivity contribution in [2.75, 3.05) is 31.1 Å². The highest BCUT2D eigenvalue weighted by molar-refractivity contribution is 5.73. The van der Waals surface area contributed by atoms with Crippen molar-refractivity contribution < 1.29 is 9.90 Å². The first-order valence-electron chi connectivity index (χ1n) is 6.65. The molecule has 2 heterocycles. The second-order valence-electron chi connectivity index (χ2n) is 5.01. The van der Waals surface area contributed by atoms with Crippen LogP contribution in [0.4, 0.5) is 5.82 Å². The van der Waals surface area contributed by atoms with Crippen LogP contribution in [-0.4, -0.2) is 47.1 Å². The number of amides is 1. The van der Waals surface area contributed by atoms with Crippen LogP contribution in [0.2, 0.25) is 0 Å². The Morgan fingerprint density at radius 1 is 1.32 bits per heavy atom. The minimum Gasteiger partial charge on any atom is -0.389 e. The summed E-state index contributed by atoms with van der Waals surface area (Å²) in [5.41, 5.74) is 1.73. The predicted molar refractivity (Wildman–Crippen MR) is 74.1 cm³/mol. The highest BCUT2D eigenvalue weighted by Crippen LogP contribution is 2.20. The van der Waals surface area contributed by atoms with E-state index in [0.717, 1.165) is 43.3 Å². The van der Waals surface area contributed by atoms with E-state index in [1.54, 1.807) is 13.8 Å². The molecule has 0 aromatic carbocycles. The maximum Gasteiger partial charge on any atom is 0.219 e. The molecular weight excluding hydrogens is 242 g/mol. The van der Waals surface area contributed by atoms with Gasteiger partial charge in [0, 0.05) is 44.4 Å². The molecule has 2 rings (SSSR count). The van der Waals surface area contributed by atoms with Gasteiger partial charge in [-0.25, -0.2) is 4.98 Å². The van der Waals surface area contributed by atoms with Gasteiger partial charge in [-0.3, -0.25) is 4.79 Å². The van der Waals surface area contributed by atoms with Gasteiger partial charge in [-0.15, -0.1) is 0 Å². The molecule has 0 saturated carbocycles. The molecule has 1 aromatic heterocycles. The third-order valence-corrected chi connectivity index (χ3v) is 3.61. The Balaban J connectivity index is 2.08. The topological polar surface area (TPSA) is 56.7 Å². The number of piperazine rings is 1. The van der Waals surface area contributed by atoms with E-state index >= 15 is 0 Å². The van der Waals surface area contributed by atoms with Crippen LogP contribution < -0.4 is 4.90 Å². The minimum atomic E-state index is -0.490. The van der Waals surface area contributed by atoms with Crippen LogP contribution in [0.3, 0.4) is 0 Å². The Labute approximate surface area is 113 Å². The van der Waals surface area contributed by atoms with Crippen LogP contribution in [-0.2, 0) is 4.79 Å². The number of carbonyl (C=O) groups excluding carboxylic acids is 1. The number of aryl methyl sites for hydroxylation is 1. The number of pyridine rings is 1. The zero-order chi connectivity index (χ0) is 14.0. The number of aliphatic hydroxyl groups excluding tert-OH is 1. The molecule has 0 bridgehead atoms. The smallest absolute Gasteiger partial charge is 0.219 e. The first-order chi connectivity index (χ1) is 8.99. The molecule has 0 radical (unpaired) electrons. The van der Waals surface area contributed by atoms with E-state index < -0.39 is 6.10 Å². The number of hydrogen-bond acceptors (Lipinski definition) is 4. The fraction of sp³-hybridized carbons (Fsp3) is 0.571. The molecule has 0 spiro atoms. The summed E-state index contributed by atoms with van der Waals surface area (Å²) in [5, 5.41) is 9.60. The minimum absolute atomic E-state index is 0.133. The number of hydrogen-bond donors (Lipinski definition) is 1. The Morgan fingerprint density at radius 2 is 1.95 bits per heavy atom. The molecular formula is C14H21N3O2. The van der Waals surface area contributed by atoms with Crippen LogP contribution in [0.15, 0.2) is 12.1 Å². The van der Waals surface area contributed by atoms with Crippen molar-refractivity contribution in [1.82, 2.24) is 9.88 Å². The second-order valence-corrected chi connectivity index (χ2v) is 5.01. The van der Waals surface area contributed by atoms with Gasteiger partial charge in [-0.05, 0) is 19.9 Å². The molecule has 1 atom stereocenters. The lowest BCUT2D eigenvalue weighted by Gasteiger charge is -2.35. The summed E-state index contributed by atoms with van der Waals surface area (Å²) >= 11 is 0. The lowest BCUT2D eigenvalue weighted by molar-refractivity contribution is -0.129. The molecule has 1 N–H and O–H groups in total. The second kappa shape index (κ2) is 5.57. The summed E-state index contributed by atoms with van der Waals surface area (Å²) in [6, 6.07) is 3.87. The number of carbonyl (C=O) groups is 1. The van der Waals surface area contributed by atoms with Crippen LogP contribution >= 0.6 is 0 Å². The van der Waals surface area contributed by atoms with E-state index in [0.29, 0.717) is 0 Å². The summed E-state index contributed by atoms with van der Waals surface area (Å²) < 4.78 is 0. The van der Waals surface area contributed by atoms with Crippen LogP contribution in [0.5, 0.6) is 0 Å². The van der Waals surface area contributed by atoms with Gasteiger partial charge in [-0.2, -0.15) is 0 Å². The van der Waals surface area contributed by atoms with Crippen molar-refractivity contribution in [2.24, 2.45) is 0 Å². The summed E-state index contributed by atoms with van der Waals surface area (Å²) in [6.45, 7) is 8.37. The molecule has 1 saturated heterocycles. The summed E-state index contributed by atoms with van der Waals surface area (Å²) in [4.78, 5) is 19.9. The van der Waals surface area contributed by atoms with Gasteiger partial charge in [0.15, 0.2) is 0 Å². The first kappa shape index (κ1) is 13.8. The highest BCUT2D eigenvalue weighted by atomic mass is 16.3. The first-order valence-corrected chi connectivity index (χ1v) is 6.65. The van der Waals surface area contributed by atoms with E-state index in [9.17, 15) is 9.90 Å². The normalized spacial score (nSPS) is 17.5. The zero-order valence-corrected chi connectivity index (χ0v) is 11.8. The van der Waals surface area contributed by atoms with Crippen LogP contribution in [0.1, 0.15) is 31.2 Å². The highest BCUT2D eigenvalue weighted by Gasteiger charge is 2.20. The fourth-order valence-corrected chi connectivity index (χ4v) is 2.43. The molecule has 104 valence electrons. The van der Waals surface area contributed by atoms with Gasteiger partial charge in [0.25, 0.3) is 0 Å². The Morgan fingerprint density at radius 3 is 2.42 bits per heavy atom. The van der Waals surface area contributed by atoms with E-state index in [1.807, 2.05) is 24.0 Å². The molecule has 5 nitrogen and oxygen atoms in total. The van der Waals surface area contributed by atoms with E-state index in [4.69, 9.17) is 0 Å². The molecule has 1 aliphatic rings. The van der Waals surface area contributed by atoms with E-state index in [1.165, 1.54) is 0 Å². The number of anilines is 1. The molecule has 1 fully saturated rings. The molecule has 1 aromatic rings. The SMILES string of the molecule is CC(=O)N1CCN(c2ccc([C@H](C)O)c(C)n2)CC1. The maximum absolute atomic E-state index is 11.3. The zero-order valence-electron chi connectivity index (χ0n) is 11.8. The Bertz CT molecular complexity index is 466.